The van der Waals surface area contributed by atoms with E-state index in [9.17, 15) is 18.8 Å². The first-order chi connectivity index (χ1) is 17.4. The molecule has 10 heteroatoms. The molecule has 2 fully saturated rings. The number of fused-ring (bicyclic) bond motifs is 1. The van der Waals surface area contributed by atoms with Crippen molar-refractivity contribution >= 4 is 29.6 Å². The molecule has 0 radical (unpaired) electrons. The number of carbonyl (C=O) groups is 3. The van der Waals surface area contributed by atoms with Gasteiger partial charge in [0.1, 0.15) is 18.0 Å². The average Bonchev–Trinajstić information content (AvgIpc) is 2.87. The molecule has 0 aromatic heterocycles. The summed E-state index contributed by atoms with van der Waals surface area (Å²) in [5, 5.41) is 6.15. The normalized spacial score (nSPS) is 20.5. The minimum absolute atomic E-state index is 0.0217. The van der Waals surface area contributed by atoms with E-state index in [1.807, 2.05) is 36.6 Å². The Morgan fingerprint density at radius 3 is 2.50 bits per heavy atom. The number of likely N-dealkylation sites (N-methyl/N-ethyl adjacent to an activating group) is 1. The molecule has 8 nitrogen and oxygen atoms in total. The van der Waals surface area contributed by atoms with E-state index in [1.165, 1.54) is 12.1 Å². The van der Waals surface area contributed by atoms with Crippen molar-refractivity contribution in [2.24, 2.45) is 0 Å². The number of hydrazine groups is 1. The number of hydrogen-bond donors (Lipinski definition) is 1. The number of rotatable bonds is 8. The lowest BCUT2D eigenvalue weighted by Gasteiger charge is -2.54. The van der Waals surface area contributed by atoms with Crippen LogP contribution in [0.15, 0.2) is 54.6 Å². The van der Waals surface area contributed by atoms with Crippen LogP contribution in [0.3, 0.4) is 0 Å². The molecular weight excluding hydrogens is 481 g/mol. The standard InChI is InChI=1S/C26H32FN5O3S/c1-29-18-24(33)31-22(13-15-36-2)25(34)30(14-12-19-8-10-21(27)11-9-19)17-23(31)32(29)26(35)28-16-20-6-4-3-5-7-20/h3-11,22-23H,12-18H2,1-2H3,(H,28,35)/t22-,23-/m0/s1. The Bertz CT molecular complexity index is 1070. The lowest BCUT2D eigenvalue weighted by Crippen LogP contribution is -2.76. The van der Waals surface area contributed by atoms with Crippen LogP contribution in [0.4, 0.5) is 9.18 Å². The fourth-order valence-electron chi connectivity index (χ4n) is 4.78. The van der Waals surface area contributed by atoms with E-state index in [0.29, 0.717) is 25.9 Å². The van der Waals surface area contributed by atoms with Crippen molar-refractivity contribution in [3.05, 3.63) is 71.5 Å². The molecule has 4 rings (SSSR count). The van der Waals surface area contributed by atoms with Gasteiger partial charge in [-0.05, 0) is 48.1 Å². The molecule has 0 bridgehead atoms. The maximum Gasteiger partial charge on any atom is 0.334 e. The van der Waals surface area contributed by atoms with Gasteiger partial charge in [0.05, 0.1) is 13.1 Å². The predicted octanol–water partition coefficient (Wildman–Crippen LogP) is 2.56. The highest BCUT2D eigenvalue weighted by molar-refractivity contribution is 7.98. The number of nitrogens with zero attached hydrogens (tertiary/aromatic N) is 4. The Labute approximate surface area is 215 Å². The molecule has 4 amide bonds. The first-order valence-corrected chi connectivity index (χ1v) is 13.4. The van der Waals surface area contributed by atoms with E-state index in [-0.39, 0.29) is 36.8 Å². The SMILES string of the molecule is CSCC[C@H]1C(=O)N(CCc2ccc(F)cc2)C[C@H]2N1C(=O)CN(C)N2C(=O)NCc1ccccc1. The zero-order valence-corrected chi connectivity index (χ0v) is 21.4. The maximum atomic E-state index is 13.5. The zero-order valence-electron chi connectivity index (χ0n) is 20.6. The van der Waals surface area contributed by atoms with E-state index < -0.39 is 12.2 Å². The van der Waals surface area contributed by atoms with Crippen LogP contribution in [0.1, 0.15) is 17.5 Å². The molecule has 36 heavy (non-hydrogen) atoms. The van der Waals surface area contributed by atoms with Gasteiger partial charge in [0.25, 0.3) is 0 Å². The number of piperazine rings is 1. The number of carbonyl (C=O) groups excluding carboxylic acids is 3. The molecule has 1 N–H and O–H groups in total. The third-order valence-electron chi connectivity index (χ3n) is 6.61. The number of nitrogens with one attached hydrogen (secondary N) is 1. The monoisotopic (exact) mass is 513 g/mol. The average molecular weight is 514 g/mol. The van der Waals surface area contributed by atoms with Crippen LogP contribution in [-0.2, 0) is 22.6 Å². The van der Waals surface area contributed by atoms with E-state index in [2.05, 4.69) is 5.32 Å². The maximum absolute atomic E-state index is 13.5. The number of amides is 4. The highest BCUT2D eigenvalue weighted by Crippen LogP contribution is 2.28. The van der Waals surface area contributed by atoms with Crippen LogP contribution in [0.5, 0.6) is 0 Å². The molecule has 2 aliphatic heterocycles. The fraction of sp³-hybridized carbons (Fsp3) is 0.423. The summed E-state index contributed by atoms with van der Waals surface area (Å²) >= 11 is 1.62. The second kappa shape index (κ2) is 11.7. The van der Waals surface area contributed by atoms with Crippen LogP contribution in [0.2, 0.25) is 0 Å². The van der Waals surface area contributed by atoms with Crippen molar-refractivity contribution < 1.29 is 18.8 Å². The Hall–Kier alpha value is -3.11. The molecule has 2 atom stereocenters. The lowest BCUT2D eigenvalue weighted by molar-refractivity contribution is -0.187. The third kappa shape index (κ3) is 5.82. The minimum atomic E-state index is -0.630. The third-order valence-corrected chi connectivity index (χ3v) is 7.26. The summed E-state index contributed by atoms with van der Waals surface area (Å²) in [6.45, 7) is 1.01. The lowest BCUT2D eigenvalue weighted by atomic mass is 10.0. The molecule has 2 aromatic rings. The summed E-state index contributed by atoms with van der Waals surface area (Å²) < 4.78 is 13.3. The Kier molecular flexibility index (Phi) is 8.48. The van der Waals surface area contributed by atoms with Gasteiger partial charge in [-0.3, -0.25) is 9.59 Å². The molecule has 0 saturated carbocycles. The van der Waals surface area contributed by atoms with E-state index >= 15 is 0 Å². The topological polar surface area (TPSA) is 76.2 Å². The smallest absolute Gasteiger partial charge is 0.334 e. The van der Waals surface area contributed by atoms with Gasteiger partial charge >= 0.3 is 6.03 Å². The summed E-state index contributed by atoms with van der Waals surface area (Å²) in [5.41, 5.74) is 1.89. The summed E-state index contributed by atoms with van der Waals surface area (Å²) in [6.07, 6.45) is 2.42. The van der Waals surface area contributed by atoms with Crippen molar-refractivity contribution in [3.63, 3.8) is 0 Å². The second-order valence-corrected chi connectivity index (χ2v) is 10.0. The van der Waals surface area contributed by atoms with Crippen molar-refractivity contribution in [3.8, 4) is 0 Å². The zero-order chi connectivity index (χ0) is 25.7. The predicted molar refractivity (Wildman–Crippen MR) is 137 cm³/mol. The van der Waals surface area contributed by atoms with Crippen LogP contribution in [0, 0.1) is 5.82 Å². The Morgan fingerprint density at radius 2 is 1.81 bits per heavy atom. The molecular formula is C26H32FN5O3S. The van der Waals surface area contributed by atoms with Gasteiger partial charge in [-0.1, -0.05) is 42.5 Å². The molecule has 2 heterocycles. The summed E-state index contributed by atoms with van der Waals surface area (Å²) in [7, 11) is 1.72. The molecule has 0 spiro atoms. The van der Waals surface area contributed by atoms with Gasteiger partial charge in [-0.25, -0.2) is 19.2 Å². The number of hydrogen-bond acceptors (Lipinski definition) is 5. The first-order valence-electron chi connectivity index (χ1n) is 12.0. The van der Waals surface area contributed by atoms with Crippen molar-refractivity contribution in [1.82, 2.24) is 25.1 Å². The molecule has 0 aliphatic carbocycles. The fourth-order valence-corrected chi connectivity index (χ4v) is 5.24. The van der Waals surface area contributed by atoms with Gasteiger partial charge < -0.3 is 15.1 Å². The number of urea groups is 1. The highest BCUT2D eigenvalue weighted by Gasteiger charge is 2.50. The molecule has 0 unspecified atom stereocenters. The van der Waals surface area contributed by atoms with E-state index in [0.717, 1.165) is 16.9 Å². The van der Waals surface area contributed by atoms with Gasteiger partial charge in [0.2, 0.25) is 11.8 Å². The van der Waals surface area contributed by atoms with Gasteiger partial charge in [-0.2, -0.15) is 11.8 Å². The van der Waals surface area contributed by atoms with Gasteiger partial charge in [0, 0.05) is 20.1 Å². The van der Waals surface area contributed by atoms with E-state index in [1.54, 1.807) is 50.8 Å². The molecule has 2 aromatic carbocycles. The van der Waals surface area contributed by atoms with Gasteiger partial charge in [-0.15, -0.1) is 0 Å². The summed E-state index contributed by atoms with van der Waals surface area (Å²) in [5.74, 6) is 0.146. The van der Waals surface area contributed by atoms with Crippen molar-refractivity contribution in [2.45, 2.75) is 31.6 Å². The van der Waals surface area contributed by atoms with Gasteiger partial charge in [0.15, 0.2) is 0 Å². The first kappa shape index (κ1) is 26.0. The highest BCUT2D eigenvalue weighted by atomic mass is 32.2. The van der Waals surface area contributed by atoms with Crippen molar-refractivity contribution in [2.75, 3.05) is 38.7 Å². The Balaban J connectivity index is 1.55. The largest absolute Gasteiger partial charge is 0.337 e. The van der Waals surface area contributed by atoms with Crippen molar-refractivity contribution in [1.29, 1.82) is 0 Å². The number of benzene rings is 2. The molecule has 2 aliphatic rings. The number of halogens is 1. The number of thioether (sulfide) groups is 1. The van der Waals surface area contributed by atoms with E-state index in [4.69, 9.17) is 0 Å². The van der Waals surface area contributed by atoms with Crippen LogP contribution >= 0.6 is 11.8 Å². The quantitative estimate of drug-likeness (QED) is 0.587. The van der Waals surface area contributed by atoms with Crippen LogP contribution in [-0.4, -0.2) is 88.6 Å². The second-order valence-electron chi connectivity index (χ2n) is 9.04. The Morgan fingerprint density at radius 1 is 1.08 bits per heavy atom. The van der Waals surface area contributed by atoms with Crippen LogP contribution < -0.4 is 5.32 Å². The summed E-state index contributed by atoms with van der Waals surface area (Å²) in [6, 6.07) is 14.9. The molecule has 192 valence electrons. The molecule has 2 saturated heterocycles. The summed E-state index contributed by atoms with van der Waals surface area (Å²) in [4.78, 5) is 43.3. The minimum Gasteiger partial charge on any atom is -0.337 e. The van der Waals surface area contributed by atoms with Crippen LogP contribution in [0.25, 0.3) is 0 Å².